The molecule has 2 aromatic rings. The van der Waals surface area contributed by atoms with E-state index >= 15 is 0 Å². The van der Waals surface area contributed by atoms with Gasteiger partial charge >= 0.3 is 0 Å². The van der Waals surface area contributed by atoms with Crippen LogP contribution in [-0.4, -0.2) is 40.0 Å². The molecule has 0 aromatic carbocycles. The number of hydrogen-bond donors (Lipinski definition) is 1. The van der Waals surface area contributed by atoms with Gasteiger partial charge in [-0.15, -0.1) is 11.3 Å². The van der Waals surface area contributed by atoms with Crippen molar-refractivity contribution in [1.29, 1.82) is 0 Å². The van der Waals surface area contributed by atoms with Gasteiger partial charge in [-0.3, -0.25) is 24.3 Å². The molecule has 0 saturated carbocycles. The molecule has 0 spiro atoms. The summed E-state index contributed by atoms with van der Waals surface area (Å²) in [4.78, 5) is 42.5. The van der Waals surface area contributed by atoms with E-state index in [9.17, 15) is 14.4 Å². The molecule has 6 nitrogen and oxygen atoms in total. The van der Waals surface area contributed by atoms with Crippen LogP contribution in [0.5, 0.6) is 0 Å². The molecule has 0 unspecified atom stereocenters. The van der Waals surface area contributed by atoms with Crippen molar-refractivity contribution in [2.24, 2.45) is 0 Å². The summed E-state index contributed by atoms with van der Waals surface area (Å²) in [5.41, 5.74) is 0.296. The highest BCUT2D eigenvalue weighted by atomic mass is 32.2. The summed E-state index contributed by atoms with van der Waals surface area (Å²) >= 11 is 2.41. The van der Waals surface area contributed by atoms with Gasteiger partial charge in [0.1, 0.15) is 5.69 Å². The Bertz CT molecular complexity index is 788. The smallest absolute Gasteiger partial charge is 0.293 e. The third-order valence-corrected chi connectivity index (χ3v) is 4.94. The van der Waals surface area contributed by atoms with Crippen molar-refractivity contribution in [2.75, 3.05) is 13.1 Å². The fourth-order valence-electron chi connectivity index (χ4n) is 2.06. The quantitative estimate of drug-likeness (QED) is 0.830. The molecule has 0 bridgehead atoms. The maximum Gasteiger partial charge on any atom is 0.293 e. The summed E-state index contributed by atoms with van der Waals surface area (Å²) in [5.74, 6) is -0.665. The average molecular weight is 359 g/mol. The molecule has 3 amide bonds. The molecule has 3 rings (SSSR count). The Morgan fingerprint density at radius 2 is 2.12 bits per heavy atom. The van der Waals surface area contributed by atoms with E-state index in [0.29, 0.717) is 10.6 Å². The number of aromatic nitrogens is 1. The highest BCUT2D eigenvalue weighted by Gasteiger charge is 2.34. The second-order valence-corrected chi connectivity index (χ2v) is 6.79. The maximum absolute atomic E-state index is 12.3. The van der Waals surface area contributed by atoms with Gasteiger partial charge in [0.15, 0.2) is 0 Å². The molecule has 0 radical (unpaired) electrons. The summed E-state index contributed by atoms with van der Waals surface area (Å²) < 4.78 is 0. The normalized spacial score (nSPS) is 16.0. The Morgan fingerprint density at radius 3 is 2.83 bits per heavy atom. The van der Waals surface area contributed by atoms with E-state index in [4.69, 9.17) is 0 Å². The first-order chi connectivity index (χ1) is 11.6. The molecule has 0 aliphatic carbocycles. The Balaban J connectivity index is 1.57. The van der Waals surface area contributed by atoms with E-state index in [-0.39, 0.29) is 30.1 Å². The predicted octanol–water partition coefficient (Wildman–Crippen LogP) is 2.61. The monoisotopic (exact) mass is 359 g/mol. The first-order valence-electron chi connectivity index (χ1n) is 7.13. The molecule has 1 aliphatic rings. The zero-order valence-electron chi connectivity index (χ0n) is 12.5. The Labute approximate surface area is 146 Å². The molecule has 1 aliphatic heterocycles. The van der Waals surface area contributed by atoms with Crippen LogP contribution in [0, 0.1) is 0 Å². The summed E-state index contributed by atoms with van der Waals surface area (Å²) in [6.45, 7) is 0.310. The summed E-state index contributed by atoms with van der Waals surface area (Å²) in [6, 6.07) is 8.80. The van der Waals surface area contributed by atoms with Crippen LogP contribution < -0.4 is 5.32 Å². The molecular weight excluding hydrogens is 346 g/mol. The number of hydrogen-bond acceptors (Lipinski definition) is 6. The number of nitrogens with one attached hydrogen (secondary N) is 1. The van der Waals surface area contributed by atoms with E-state index < -0.39 is 0 Å². The van der Waals surface area contributed by atoms with Crippen molar-refractivity contribution >= 4 is 46.2 Å². The molecule has 8 heteroatoms. The van der Waals surface area contributed by atoms with E-state index in [1.54, 1.807) is 24.3 Å². The first kappa shape index (κ1) is 16.4. The van der Waals surface area contributed by atoms with Crippen LogP contribution in [0.1, 0.15) is 15.4 Å². The van der Waals surface area contributed by atoms with Gasteiger partial charge in [0.25, 0.3) is 17.1 Å². The van der Waals surface area contributed by atoms with Gasteiger partial charge in [-0.1, -0.05) is 12.1 Å². The van der Waals surface area contributed by atoms with Crippen LogP contribution in [0.25, 0.3) is 6.08 Å². The van der Waals surface area contributed by atoms with E-state index in [2.05, 4.69) is 10.3 Å². The lowest BCUT2D eigenvalue weighted by molar-refractivity contribution is -0.122. The van der Waals surface area contributed by atoms with E-state index in [1.165, 1.54) is 17.5 Å². The van der Waals surface area contributed by atoms with Gasteiger partial charge in [-0.25, -0.2) is 0 Å². The fourth-order valence-corrected chi connectivity index (χ4v) is 3.65. The zero-order valence-corrected chi connectivity index (χ0v) is 14.1. The highest BCUT2D eigenvalue weighted by Crippen LogP contribution is 2.32. The number of imide groups is 1. The molecule has 24 heavy (non-hydrogen) atoms. The molecular formula is C16H13N3O3S2. The molecule has 2 aromatic heterocycles. The van der Waals surface area contributed by atoms with Crippen molar-refractivity contribution < 1.29 is 14.4 Å². The number of thioether (sulfide) groups is 1. The van der Waals surface area contributed by atoms with Crippen LogP contribution in [0.15, 0.2) is 46.8 Å². The highest BCUT2D eigenvalue weighted by molar-refractivity contribution is 8.18. The van der Waals surface area contributed by atoms with Crippen molar-refractivity contribution in [3.8, 4) is 0 Å². The number of pyridine rings is 1. The Morgan fingerprint density at radius 1 is 1.25 bits per heavy atom. The topological polar surface area (TPSA) is 79.4 Å². The lowest BCUT2D eigenvalue weighted by Crippen LogP contribution is -2.37. The second-order valence-electron chi connectivity index (χ2n) is 4.82. The third kappa shape index (κ3) is 3.72. The minimum atomic E-state index is -0.336. The number of nitrogens with zero attached hydrogens (tertiary/aromatic N) is 2. The molecule has 1 saturated heterocycles. The Kier molecular flexibility index (Phi) is 5.07. The predicted molar refractivity (Wildman–Crippen MR) is 93.6 cm³/mol. The summed E-state index contributed by atoms with van der Waals surface area (Å²) in [7, 11) is 0. The van der Waals surface area contributed by atoms with Gasteiger partial charge in [-0.2, -0.15) is 0 Å². The van der Waals surface area contributed by atoms with Crippen LogP contribution in [0.4, 0.5) is 4.79 Å². The van der Waals surface area contributed by atoms with Gasteiger partial charge in [0.05, 0.1) is 4.91 Å². The van der Waals surface area contributed by atoms with Crippen LogP contribution >= 0.6 is 23.1 Å². The minimum Gasteiger partial charge on any atom is -0.349 e. The standard InChI is InChI=1S/C16H13N3O3S2/c20-14(12-5-1-2-6-17-12)18-7-8-19-15(21)13(24-16(19)22)10-11-4-3-9-23-11/h1-6,9-10H,7-8H2,(H,18,20)/b13-10-. The number of thiophene rings is 1. The minimum absolute atomic E-state index is 0.130. The average Bonchev–Trinajstić information content (AvgIpc) is 3.19. The molecule has 1 fully saturated rings. The summed E-state index contributed by atoms with van der Waals surface area (Å²) in [5, 5.41) is 4.23. The van der Waals surface area contributed by atoms with Crippen molar-refractivity contribution in [1.82, 2.24) is 15.2 Å². The summed E-state index contributed by atoms with van der Waals surface area (Å²) in [6.07, 6.45) is 3.24. The molecule has 1 N–H and O–H groups in total. The second kappa shape index (κ2) is 7.41. The van der Waals surface area contributed by atoms with Crippen molar-refractivity contribution in [3.05, 3.63) is 57.4 Å². The Hall–Kier alpha value is -2.45. The van der Waals surface area contributed by atoms with E-state index in [0.717, 1.165) is 21.5 Å². The van der Waals surface area contributed by atoms with Gasteiger partial charge < -0.3 is 5.32 Å². The number of rotatable bonds is 5. The molecule has 122 valence electrons. The fraction of sp³-hybridized carbons (Fsp3) is 0.125. The van der Waals surface area contributed by atoms with Crippen molar-refractivity contribution in [2.45, 2.75) is 0 Å². The molecule has 0 atom stereocenters. The number of carbonyl (C=O) groups is 3. The lowest BCUT2D eigenvalue weighted by Gasteiger charge is -2.12. The first-order valence-corrected chi connectivity index (χ1v) is 8.83. The van der Waals surface area contributed by atoms with Gasteiger partial charge in [0.2, 0.25) is 0 Å². The van der Waals surface area contributed by atoms with Crippen LogP contribution in [0.2, 0.25) is 0 Å². The lowest BCUT2D eigenvalue weighted by atomic mass is 10.3. The zero-order chi connectivity index (χ0) is 16.9. The third-order valence-electron chi connectivity index (χ3n) is 3.21. The van der Waals surface area contributed by atoms with Crippen molar-refractivity contribution in [3.63, 3.8) is 0 Å². The number of amides is 3. The SMILES string of the molecule is O=C(NCCN1C(=O)S/C(=C\c2cccs2)C1=O)c1ccccn1. The maximum atomic E-state index is 12.3. The van der Waals surface area contributed by atoms with Crippen LogP contribution in [-0.2, 0) is 4.79 Å². The largest absolute Gasteiger partial charge is 0.349 e. The van der Waals surface area contributed by atoms with Gasteiger partial charge in [-0.05, 0) is 41.4 Å². The number of carbonyl (C=O) groups excluding carboxylic acids is 3. The van der Waals surface area contributed by atoms with E-state index in [1.807, 2.05) is 17.5 Å². The van der Waals surface area contributed by atoms with Crippen LogP contribution in [0.3, 0.4) is 0 Å². The molecule has 3 heterocycles. The van der Waals surface area contributed by atoms with Gasteiger partial charge in [0, 0.05) is 24.2 Å².